The van der Waals surface area contributed by atoms with Crippen LogP contribution in [0.5, 0.6) is 0 Å². The third-order valence-electron chi connectivity index (χ3n) is 1.74. The molecule has 1 aromatic rings. The largest absolute Gasteiger partial charge is 0.156 e. The molecule has 0 atom stereocenters. The van der Waals surface area contributed by atoms with Crippen LogP contribution in [0.1, 0.15) is 11.1 Å². The molecule has 0 aliphatic heterocycles. The predicted molar refractivity (Wildman–Crippen MR) is 61.1 cm³/mol. The van der Waals surface area contributed by atoms with Crippen LogP contribution in [-0.4, -0.2) is 11.1 Å². The van der Waals surface area contributed by atoms with E-state index in [1.165, 1.54) is 16.9 Å². The number of rotatable bonds is 4. The average Bonchev–Trinajstić information content (AvgIpc) is 2.09. The highest BCUT2D eigenvalue weighted by molar-refractivity contribution is 9.09. The molecule has 0 saturated carbocycles. The first-order chi connectivity index (χ1) is 5.84. The third-order valence-corrected chi connectivity index (χ3v) is 3.67. The van der Waals surface area contributed by atoms with E-state index in [-0.39, 0.29) is 0 Å². The van der Waals surface area contributed by atoms with E-state index in [1.54, 1.807) is 0 Å². The number of hydrogen-bond donors (Lipinski definition) is 0. The van der Waals surface area contributed by atoms with Crippen LogP contribution in [0.25, 0.3) is 0 Å². The molecule has 0 bridgehead atoms. The minimum Gasteiger partial charge on any atom is -0.156 e. The zero-order valence-electron chi connectivity index (χ0n) is 7.22. The second-order valence-corrected chi connectivity index (χ2v) is 4.57. The summed E-state index contributed by atoms with van der Waals surface area (Å²) in [5.41, 5.74) is 2.86. The van der Waals surface area contributed by atoms with Crippen molar-refractivity contribution in [1.29, 1.82) is 0 Å². The van der Waals surface area contributed by atoms with Crippen molar-refractivity contribution in [3.05, 3.63) is 35.4 Å². The summed E-state index contributed by atoms with van der Waals surface area (Å²) in [6, 6.07) is 8.58. The van der Waals surface area contributed by atoms with Crippen LogP contribution in [0.2, 0.25) is 0 Å². The first-order valence-electron chi connectivity index (χ1n) is 4.03. The maximum absolute atomic E-state index is 3.42. The molecule has 1 aromatic carbocycles. The van der Waals surface area contributed by atoms with Crippen molar-refractivity contribution in [3.8, 4) is 0 Å². The van der Waals surface area contributed by atoms with Gasteiger partial charge in [0, 0.05) is 16.8 Å². The molecule has 0 unspecified atom stereocenters. The zero-order chi connectivity index (χ0) is 8.81. The maximum atomic E-state index is 3.42. The Kier molecular flexibility index (Phi) is 4.77. The number of thioether (sulfide) groups is 1. The molecule has 0 nitrogen and oxygen atoms in total. The van der Waals surface area contributed by atoms with Crippen LogP contribution in [0.3, 0.4) is 0 Å². The molecule has 0 saturated heterocycles. The Morgan fingerprint density at radius 1 is 1.33 bits per heavy atom. The molecule has 66 valence electrons. The van der Waals surface area contributed by atoms with E-state index in [4.69, 9.17) is 0 Å². The summed E-state index contributed by atoms with van der Waals surface area (Å²) in [7, 11) is 0. The van der Waals surface area contributed by atoms with Gasteiger partial charge >= 0.3 is 0 Å². The minimum atomic E-state index is 1.09. The van der Waals surface area contributed by atoms with Crippen molar-refractivity contribution in [1.82, 2.24) is 0 Å². The highest BCUT2D eigenvalue weighted by atomic mass is 79.9. The van der Waals surface area contributed by atoms with Gasteiger partial charge in [0.15, 0.2) is 0 Å². The number of hydrogen-bond acceptors (Lipinski definition) is 1. The quantitative estimate of drug-likeness (QED) is 0.576. The first-order valence-corrected chi connectivity index (χ1v) is 6.30. The number of benzene rings is 1. The molecule has 12 heavy (non-hydrogen) atoms. The Labute approximate surface area is 86.9 Å². The van der Waals surface area contributed by atoms with Crippen LogP contribution in [-0.2, 0) is 5.75 Å². The number of alkyl halides is 1. The van der Waals surface area contributed by atoms with Crippen molar-refractivity contribution in [2.24, 2.45) is 0 Å². The highest BCUT2D eigenvalue weighted by Gasteiger charge is 1.95. The van der Waals surface area contributed by atoms with Gasteiger partial charge in [-0.2, -0.15) is 11.8 Å². The van der Waals surface area contributed by atoms with E-state index in [0.717, 1.165) is 11.1 Å². The van der Waals surface area contributed by atoms with Gasteiger partial charge in [-0.25, -0.2) is 0 Å². The second kappa shape index (κ2) is 5.65. The smallest absolute Gasteiger partial charge is 0.0187 e. The fourth-order valence-corrected chi connectivity index (χ4v) is 2.49. The van der Waals surface area contributed by atoms with E-state index in [9.17, 15) is 0 Å². The number of halogens is 1. The van der Waals surface area contributed by atoms with Crippen LogP contribution in [0.15, 0.2) is 24.3 Å². The van der Waals surface area contributed by atoms with Crippen molar-refractivity contribution < 1.29 is 0 Å². The lowest BCUT2D eigenvalue weighted by molar-refractivity contribution is 1.30. The van der Waals surface area contributed by atoms with E-state index in [1.807, 2.05) is 11.8 Å². The van der Waals surface area contributed by atoms with Gasteiger partial charge in [0.1, 0.15) is 0 Å². The molecule has 0 fully saturated rings. The van der Waals surface area contributed by atoms with E-state index >= 15 is 0 Å². The third kappa shape index (κ3) is 3.20. The van der Waals surface area contributed by atoms with Crippen molar-refractivity contribution in [2.45, 2.75) is 12.7 Å². The van der Waals surface area contributed by atoms with Gasteiger partial charge in [0.05, 0.1) is 0 Å². The lowest BCUT2D eigenvalue weighted by Gasteiger charge is -2.03. The second-order valence-electron chi connectivity index (χ2n) is 2.67. The van der Waals surface area contributed by atoms with Gasteiger partial charge < -0.3 is 0 Å². The Balaban J connectivity index is 2.46. The Morgan fingerprint density at radius 3 is 2.75 bits per heavy atom. The summed E-state index contributed by atoms with van der Waals surface area (Å²) in [5.74, 6) is 2.33. The molecule has 0 spiro atoms. The van der Waals surface area contributed by atoms with Gasteiger partial charge in [0.25, 0.3) is 0 Å². The van der Waals surface area contributed by atoms with Crippen LogP contribution < -0.4 is 0 Å². The molecule has 0 radical (unpaired) electrons. The van der Waals surface area contributed by atoms with Crippen LogP contribution in [0.4, 0.5) is 0 Å². The van der Waals surface area contributed by atoms with E-state index < -0.39 is 0 Å². The summed E-state index contributed by atoms with van der Waals surface area (Å²) in [5, 5.41) is 1.09. The van der Waals surface area contributed by atoms with E-state index in [2.05, 4.69) is 47.1 Å². The molecule has 0 N–H and O–H groups in total. The van der Waals surface area contributed by atoms with Crippen molar-refractivity contribution >= 4 is 27.7 Å². The molecular formula is C10H13BrS. The Hall–Kier alpha value is 0.0500. The van der Waals surface area contributed by atoms with Crippen molar-refractivity contribution in [2.75, 3.05) is 11.1 Å². The van der Waals surface area contributed by atoms with Gasteiger partial charge in [-0.05, 0) is 18.1 Å². The van der Waals surface area contributed by atoms with Crippen LogP contribution in [0, 0.1) is 6.92 Å². The first kappa shape index (κ1) is 10.1. The van der Waals surface area contributed by atoms with Gasteiger partial charge in [-0.1, -0.05) is 40.2 Å². The molecule has 1 rings (SSSR count). The van der Waals surface area contributed by atoms with Crippen molar-refractivity contribution in [3.63, 3.8) is 0 Å². The summed E-state index contributed by atoms with van der Waals surface area (Å²) in [6.45, 7) is 2.17. The standard InChI is InChI=1S/C10H13BrS/c1-9-4-2-3-5-10(9)8-12-7-6-11/h2-5H,6-8H2,1H3. The fourth-order valence-electron chi connectivity index (χ4n) is 1.01. The minimum absolute atomic E-state index is 1.09. The number of aryl methyl sites for hydroxylation is 1. The molecule has 0 aliphatic carbocycles. The summed E-state index contributed by atoms with van der Waals surface area (Å²) < 4.78 is 0. The van der Waals surface area contributed by atoms with Crippen LogP contribution >= 0.6 is 27.7 Å². The monoisotopic (exact) mass is 244 g/mol. The lowest BCUT2D eigenvalue weighted by atomic mass is 10.1. The molecule has 2 heteroatoms. The molecule has 0 aromatic heterocycles. The molecule has 0 amide bonds. The topological polar surface area (TPSA) is 0 Å². The van der Waals surface area contributed by atoms with Gasteiger partial charge in [-0.3, -0.25) is 0 Å². The SMILES string of the molecule is Cc1ccccc1CSCCBr. The molecule has 0 aliphatic rings. The predicted octanol–water partition coefficient (Wildman–Crippen LogP) is 3.62. The normalized spacial score (nSPS) is 10.2. The van der Waals surface area contributed by atoms with E-state index in [0.29, 0.717) is 0 Å². The average molecular weight is 245 g/mol. The maximum Gasteiger partial charge on any atom is 0.0187 e. The lowest BCUT2D eigenvalue weighted by Crippen LogP contribution is -1.87. The Morgan fingerprint density at radius 2 is 2.08 bits per heavy atom. The summed E-state index contributed by atoms with van der Waals surface area (Å²) >= 11 is 5.39. The fraction of sp³-hybridized carbons (Fsp3) is 0.400. The highest BCUT2D eigenvalue weighted by Crippen LogP contribution is 2.15. The summed E-state index contributed by atoms with van der Waals surface area (Å²) in [6.07, 6.45) is 0. The molecule has 0 heterocycles. The van der Waals surface area contributed by atoms with Gasteiger partial charge in [-0.15, -0.1) is 0 Å². The molecular weight excluding hydrogens is 232 g/mol. The van der Waals surface area contributed by atoms with Gasteiger partial charge in [0.2, 0.25) is 0 Å². The Bertz CT molecular complexity index is 235. The zero-order valence-corrected chi connectivity index (χ0v) is 9.62. The summed E-state index contributed by atoms with van der Waals surface area (Å²) in [4.78, 5) is 0.